The second-order valence-electron chi connectivity index (χ2n) is 5.28. The van der Waals surface area contributed by atoms with Crippen LogP contribution in [0.3, 0.4) is 0 Å². The number of nitrogens with zero attached hydrogens (tertiary/aromatic N) is 1. The first-order valence-electron chi connectivity index (χ1n) is 6.75. The van der Waals surface area contributed by atoms with Crippen molar-refractivity contribution in [2.24, 2.45) is 0 Å². The Kier molecular flexibility index (Phi) is 4.36. The summed E-state index contributed by atoms with van der Waals surface area (Å²) in [6.07, 6.45) is 3.82. The Morgan fingerprint density at radius 1 is 1.28 bits per heavy atom. The number of rotatable bonds is 3. The molecule has 1 aromatic rings. The van der Waals surface area contributed by atoms with Crippen LogP contribution in [-0.4, -0.2) is 29.2 Å². The molecule has 1 fully saturated rings. The van der Waals surface area contributed by atoms with Crippen molar-refractivity contribution < 1.29 is 9.50 Å². The summed E-state index contributed by atoms with van der Waals surface area (Å²) < 4.78 is 13.8. The molecular formula is C15H22FNO. The van der Waals surface area contributed by atoms with E-state index in [-0.39, 0.29) is 24.0 Å². The molecule has 1 aromatic carbocycles. The van der Waals surface area contributed by atoms with E-state index in [9.17, 15) is 9.50 Å². The Balaban J connectivity index is 2.13. The third-order valence-electron chi connectivity index (χ3n) is 4.18. The van der Waals surface area contributed by atoms with Crippen molar-refractivity contribution in [1.82, 2.24) is 4.90 Å². The van der Waals surface area contributed by atoms with Crippen molar-refractivity contribution in [3.63, 3.8) is 0 Å². The average Bonchev–Trinajstić information content (AvgIpc) is 2.38. The van der Waals surface area contributed by atoms with Crippen LogP contribution < -0.4 is 0 Å². The van der Waals surface area contributed by atoms with Gasteiger partial charge in [-0.1, -0.05) is 31.0 Å². The highest BCUT2D eigenvalue weighted by molar-refractivity contribution is 5.20. The maximum atomic E-state index is 13.8. The number of aliphatic hydroxyl groups excluding tert-OH is 1. The van der Waals surface area contributed by atoms with Gasteiger partial charge in [0.15, 0.2) is 0 Å². The largest absolute Gasteiger partial charge is 0.391 e. The first kappa shape index (κ1) is 13.5. The van der Waals surface area contributed by atoms with E-state index >= 15 is 0 Å². The van der Waals surface area contributed by atoms with E-state index < -0.39 is 0 Å². The van der Waals surface area contributed by atoms with Gasteiger partial charge in [0.25, 0.3) is 0 Å². The summed E-state index contributed by atoms with van der Waals surface area (Å²) in [6, 6.07) is 7.03. The molecule has 1 aliphatic rings. The van der Waals surface area contributed by atoms with Crippen LogP contribution in [0.25, 0.3) is 0 Å². The lowest BCUT2D eigenvalue weighted by Crippen LogP contribution is -2.44. The van der Waals surface area contributed by atoms with Crippen LogP contribution in [0.15, 0.2) is 24.3 Å². The van der Waals surface area contributed by atoms with Gasteiger partial charge in [0.2, 0.25) is 0 Å². The van der Waals surface area contributed by atoms with Crippen LogP contribution in [0.4, 0.5) is 4.39 Å². The third kappa shape index (κ3) is 2.73. The molecule has 1 saturated carbocycles. The van der Waals surface area contributed by atoms with E-state index in [1.54, 1.807) is 6.07 Å². The fourth-order valence-corrected chi connectivity index (χ4v) is 2.89. The number of halogens is 1. The van der Waals surface area contributed by atoms with Crippen molar-refractivity contribution in [3.8, 4) is 0 Å². The second-order valence-corrected chi connectivity index (χ2v) is 5.28. The Morgan fingerprint density at radius 2 is 1.94 bits per heavy atom. The van der Waals surface area contributed by atoms with E-state index in [4.69, 9.17) is 0 Å². The highest BCUT2D eigenvalue weighted by atomic mass is 19.1. The standard InChI is InChI=1S/C15H22FNO/c1-11(12-7-3-4-8-13(12)16)17(2)14-9-5-6-10-15(14)18/h3-4,7-8,11,14-15,18H,5-6,9-10H2,1-2H3/t11?,14-,15-/m0/s1. The SMILES string of the molecule is CC(c1ccccc1F)N(C)[C@H]1CCCC[C@@H]1O. The normalized spacial score (nSPS) is 26.3. The monoisotopic (exact) mass is 251 g/mol. The molecule has 0 bridgehead atoms. The summed E-state index contributed by atoms with van der Waals surface area (Å²) in [5.41, 5.74) is 0.706. The van der Waals surface area contributed by atoms with E-state index in [1.165, 1.54) is 6.07 Å². The van der Waals surface area contributed by atoms with Gasteiger partial charge in [-0.15, -0.1) is 0 Å². The third-order valence-corrected chi connectivity index (χ3v) is 4.18. The summed E-state index contributed by atoms with van der Waals surface area (Å²) in [5, 5.41) is 10.1. The number of benzene rings is 1. The number of hydrogen-bond acceptors (Lipinski definition) is 2. The zero-order valence-electron chi connectivity index (χ0n) is 11.1. The van der Waals surface area contributed by atoms with Crippen LogP contribution in [0.2, 0.25) is 0 Å². The van der Waals surface area contributed by atoms with Crippen LogP contribution in [0.1, 0.15) is 44.2 Å². The van der Waals surface area contributed by atoms with Crippen LogP contribution in [0.5, 0.6) is 0 Å². The average molecular weight is 251 g/mol. The fourth-order valence-electron chi connectivity index (χ4n) is 2.89. The lowest BCUT2D eigenvalue weighted by atomic mass is 9.90. The van der Waals surface area contributed by atoms with Gasteiger partial charge >= 0.3 is 0 Å². The summed E-state index contributed by atoms with van der Waals surface area (Å²) in [4.78, 5) is 2.11. The lowest BCUT2D eigenvalue weighted by Gasteiger charge is -2.38. The highest BCUT2D eigenvalue weighted by Gasteiger charge is 2.30. The quantitative estimate of drug-likeness (QED) is 0.892. The highest BCUT2D eigenvalue weighted by Crippen LogP contribution is 2.29. The molecule has 3 heteroatoms. The summed E-state index contributed by atoms with van der Waals surface area (Å²) in [6.45, 7) is 2.00. The topological polar surface area (TPSA) is 23.5 Å². The molecule has 0 radical (unpaired) electrons. The predicted octanol–water partition coefficient (Wildman–Crippen LogP) is 3.12. The molecular weight excluding hydrogens is 229 g/mol. The maximum Gasteiger partial charge on any atom is 0.127 e. The van der Waals surface area contributed by atoms with Gasteiger partial charge in [0, 0.05) is 17.6 Å². The zero-order chi connectivity index (χ0) is 13.1. The zero-order valence-corrected chi connectivity index (χ0v) is 11.1. The maximum absolute atomic E-state index is 13.8. The van der Waals surface area contributed by atoms with Crippen molar-refractivity contribution in [2.75, 3.05) is 7.05 Å². The van der Waals surface area contributed by atoms with Crippen LogP contribution in [-0.2, 0) is 0 Å². The van der Waals surface area contributed by atoms with Crippen LogP contribution in [0, 0.1) is 5.82 Å². The Bertz CT molecular complexity index is 396. The first-order valence-corrected chi connectivity index (χ1v) is 6.75. The Hall–Kier alpha value is -0.930. The van der Waals surface area contributed by atoms with Gasteiger partial charge < -0.3 is 5.11 Å². The van der Waals surface area contributed by atoms with Gasteiger partial charge in [-0.2, -0.15) is 0 Å². The van der Waals surface area contributed by atoms with Crippen molar-refractivity contribution in [3.05, 3.63) is 35.6 Å². The summed E-state index contributed by atoms with van der Waals surface area (Å²) in [5.74, 6) is -0.165. The molecule has 100 valence electrons. The smallest absolute Gasteiger partial charge is 0.127 e. The Morgan fingerprint density at radius 3 is 2.61 bits per heavy atom. The molecule has 0 aromatic heterocycles. The molecule has 0 saturated heterocycles. The van der Waals surface area contributed by atoms with Crippen molar-refractivity contribution >= 4 is 0 Å². The molecule has 0 spiro atoms. The number of hydrogen-bond donors (Lipinski definition) is 1. The number of aliphatic hydroxyl groups is 1. The van der Waals surface area contributed by atoms with Gasteiger partial charge in [-0.3, -0.25) is 4.90 Å². The molecule has 1 aliphatic carbocycles. The van der Waals surface area contributed by atoms with E-state index in [0.29, 0.717) is 5.56 Å². The molecule has 2 rings (SSSR count). The summed E-state index contributed by atoms with van der Waals surface area (Å²) >= 11 is 0. The van der Waals surface area contributed by atoms with Gasteiger partial charge in [0.05, 0.1) is 6.10 Å². The molecule has 0 aliphatic heterocycles. The van der Waals surface area contributed by atoms with Crippen LogP contribution >= 0.6 is 0 Å². The van der Waals surface area contributed by atoms with Crippen molar-refractivity contribution in [1.29, 1.82) is 0 Å². The minimum atomic E-state index is -0.280. The van der Waals surface area contributed by atoms with E-state index in [0.717, 1.165) is 25.7 Å². The van der Waals surface area contributed by atoms with E-state index in [2.05, 4.69) is 4.90 Å². The summed E-state index contributed by atoms with van der Waals surface area (Å²) in [7, 11) is 1.98. The predicted molar refractivity (Wildman–Crippen MR) is 70.8 cm³/mol. The molecule has 2 nitrogen and oxygen atoms in total. The molecule has 18 heavy (non-hydrogen) atoms. The van der Waals surface area contributed by atoms with Gasteiger partial charge in [-0.05, 0) is 32.9 Å². The lowest BCUT2D eigenvalue weighted by molar-refractivity contribution is 0.0149. The molecule has 0 amide bonds. The first-order chi connectivity index (χ1) is 8.61. The molecule has 1 N–H and O–H groups in total. The minimum Gasteiger partial charge on any atom is -0.391 e. The van der Waals surface area contributed by atoms with E-state index in [1.807, 2.05) is 26.1 Å². The fraction of sp³-hybridized carbons (Fsp3) is 0.600. The minimum absolute atomic E-state index is 0.0102. The van der Waals surface area contributed by atoms with Gasteiger partial charge in [-0.25, -0.2) is 4.39 Å². The second kappa shape index (κ2) is 5.81. The Labute approximate surface area is 108 Å². The van der Waals surface area contributed by atoms with Gasteiger partial charge in [0.1, 0.15) is 5.82 Å². The molecule has 3 atom stereocenters. The molecule has 0 heterocycles. The van der Waals surface area contributed by atoms with Crippen molar-refractivity contribution in [2.45, 2.75) is 50.8 Å². The molecule has 1 unspecified atom stereocenters. The number of likely N-dealkylation sites (N-methyl/N-ethyl adjacent to an activating group) is 1.